The summed E-state index contributed by atoms with van der Waals surface area (Å²) in [5.74, 6) is -2.14. The lowest BCUT2D eigenvalue weighted by Crippen LogP contribution is -2.34. The zero-order chi connectivity index (χ0) is 27.2. The number of ether oxygens (including phenoxy) is 1. The summed E-state index contributed by atoms with van der Waals surface area (Å²) in [6.45, 7) is 5.82. The van der Waals surface area contributed by atoms with E-state index in [0.29, 0.717) is 5.92 Å². The molecular weight excluding hydrogens is 506 g/mol. The van der Waals surface area contributed by atoms with Crippen LogP contribution in [0.2, 0.25) is 0 Å². The molecule has 9 nitrogen and oxygen atoms in total. The molecule has 0 unspecified atom stereocenters. The molecule has 1 aliphatic rings. The highest BCUT2D eigenvalue weighted by molar-refractivity contribution is 7.18. The van der Waals surface area contributed by atoms with Crippen LogP contribution in [0.1, 0.15) is 47.5 Å². The van der Waals surface area contributed by atoms with E-state index in [1.54, 1.807) is 14.0 Å². The van der Waals surface area contributed by atoms with Crippen molar-refractivity contribution in [1.29, 1.82) is 0 Å². The van der Waals surface area contributed by atoms with Gasteiger partial charge in [0.05, 0.1) is 27.9 Å². The minimum Gasteiger partial charge on any atom is -0.495 e. The second kappa shape index (κ2) is 12.2. The van der Waals surface area contributed by atoms with E-state index in [0.717, 1.165) is 60.3 Å². The van der Waals surface area contributed by atoms with Crippen molar-refractivity contribution in [2.45, 2.75) is 38.6 Å². The molecule has 0 spiro atoms. The number of thiazole rings is 1. The molecule has 0 radical (unpaired) electrons. The molecule has 1 saturated heterocycles. The first-order valence-corrected chi connectivity index (χ1v) is 13.3. The number of hydrogen-bond donors (Lipinski definition) is 2. The lowest BCUT2D eigenvalue weighted by Gasteiger charge is -2.31. The van der Waals surface area contributed by atoms with Crippen LogP contribution in [0, 0.1) is 0 Å². The van der Waals surface area contributed by atoms with Crippen LogP contribution in [0.25, 0.3) is 21.1 Å². The number of carboxylic acids is 2. The minimum absolute atomic E-state index is 0.0962. The first kappa shape index (κ1) is 27.3. The summed E-state index contributed by atoms with van der Waals surface area (Å²) < 4.78 is 9.07. The Morgan fingerprint density at radius 3 is 2.37 bits per heavy atom. The number of aryl methyl sites for hydroxylation is 1. The smallest absolute Gasteiger partial charge is 0.414 e. The number of aliphatic carboxylic acids is 2. The number of carbonyl (C=O) groups is 3. The first-order chi connectivity index (χ1) is 18.3. The molecule has 5 rings (SSSR count). The summed E-state index contributed by atoms with van der Waals surface area (Å²) in [4.78, 5) is 37.8. The molecule has 4 aromatic rings. The highest BCUT2D eigenvalue weighted by Gasteiger charge is 2.23. The minimum atomic E-state index is -1.82. The number of methoxy groups -OCH3 is 1. The Morgan fingerprint density at radius 2 is 1.74 bits per heavy atom. The van der Waals surface area contributed by atoms with E-state index in [2.05, 4.69) is 33.7 Å². The predicted octanol–water partition coefficient (Wildman–Crippen LogP) is 4.89. The fourth-order valence-electron chi connectivity index (χ4n) is 4.88. The van der Waals surface area contributed by atoms with Gasteiger partial charge in [0, 0.05) is 29.6 Å². The Bertz CT molecular complexity index is 1410. The SMILES string of the molecule is COc1cccc2c(C(C)=O)cn(CCCN3CCC(c4nc5ccccc5s4)CC3)c12.O=C(O)C(=O)O. The Morgan fingerprint density at radius 1 is 1.03 bits per heavy atom. The lowest BCUT2D eigenvalue weighted by molar-refractivity contribution is -0.159. The van der Waals surface area contributed by atoms with Crippen LogP contribution in [-0.2, 0) is 16.1 Å². The molecule has 1 aliphatic heterocycles. The van der Waals surface area contributed by atoms with E-state index in [1.807, 2.05) is 35.7 Å². The van der Waals surface area contributed by atoms with Gasteiger partial charge < -0.3 is 24.4 Å². The van der Waals surface area contributed by atoms with Gasteiger partial charge in [0.2, 0.25) is 0 Å². The number of benzene rings is 2. The molecular formula is C28H31N3O6S. The molecule has 0 amide bonds. The summed E-state index contributed by atoms with van der Waals surface area (Å²) in [6.07, 6.45) is 5.39. The van der Waals surface area contributed by atoms with Crippen LogP contribution in [0.15, 0.2) is 48.7 Å². The highest BCUT2D eigenvalue weighted by atomic mass is 32.1. The maximum absolute atomic E-state index is 12.1. The Hall–Kier alpha value is -3.76. The lowest BCUT2D eigenvalue weighted by atomic mass is 9.97. The van der Waals surface area contributed by atoms with Gasteiger partial charge in [0.15, 0.2) is 5.78 Å². The van der Waals surface area contributed by atoms with Gasteiger partial charge in [0.1, 0.15) is 5.75 Å². The van der Waals surface area contributed by atoms with E-state index in [4.69, 9.17) is 29.5 Å². The molecule has 2 N–H and O–H groups in total. The molecule has 0 bridgehead atoms. The van der Waals surface area contributed by atoms with Gasteiger partial charge in [0.25, 0.3) is 0 Å². The maximum atomic E-state index is 12.1. The second-order valence-electron chi connectivity index (χ2n) is 9.25. The number of para-hydroxylation sites is 2. The number of rotatable bonds is 7. The third-order valence-corrected chi connectivity index (χ3v) is 7.96. The van der Waals surface area contributed by atoms with Gasteiger partial charge in [-0.1, -0.05) is 24.3 Å². The number of likely N-dealkylation sites (tertiary alicyclic amines) is 1. The molecule has 1 fully saturated rings. The summed E-state index contributed by atoms with van der Waals surface area (Å²) >= 11 is 1.86. The molecule has 2 aromatic carbocycles. The van der Waals surface area contributed by atoms with Gasteiger partial charge in [-0.25, -0.2) is 14.6 Å². The third-order valence-electron chi connectivity index (χ3n) is 6.76. The standard InChI is InChI=1S/C26H29N3O2S.C2H2O4/c1-18(30)21-17-29(25-20(21)7-5-9-23(25)31-2)14-6-13-28-15-11-19(12-16-28)26-27-22-8-3-4-10-24(22)32-26;3-1(4)2(5)6/h3-5,7-10,17,19H,6,11-16H2,1-2H3;(H,3,4)(H,5,6). The number of fused-ring (bicyclic) bond motifs is 2. The van der Waals surface area contributed by atoms with Crippen molar-refractivity contribution in [2.24, 2.45) is 0 Å². The van der Waals surface area contributed by atoms with E-state index in [9.17, 15) is 4.79 Å². The summed E-state index contributed by atoms with van der Waals surface area (Å²) in [5, 5.41) is 17.1. The number of nitrogens with zero attached hydrogens (tertiary/aromatic N) is 3. The van der Waals surface area contributed by atoms with Crippen molar-refractivity contribution in [2.75, 3.05) is 26.7 Å². The zero-order valence-electron chi connectivity index (χ0n) is 21.4. The van der Waals surface area contributed by atoms with Gasteiger partial charge in [-0.2, -0.15) is 0 Å². The van der Waals surface area contributed by atoms with Crippen molar-refractivity contribution in [3.63, 3.8) is 0 Å². The van der Waals surface area contributed by atoms with Crippen molar-refractivity contribution < 1.29 is 29.3 Å². The number of Topliss-reactive ketones (excluding diaryl/α,β-unsaturated/α-hetero) is 1. The fourth-order valence-corrected chi connectivity index (χ4v) is 6.02. The van der Waals surface area contributed by atoms with Gasteiger partial charge in [-0.15, -0.1) is 11.3 Å². The summed E-state index contributed by atoms with van der Waals surface area (Å²) in [5.41, 5.74) is 2.93. The molecule has 0 atom stereocenters. The van der Waals surface area contributed by atoms with Crippen LogP contribution >= 0.6 is 11.3 Å². The Balaban J connectivity index is 0.000000505. The van der Waals surface area contributed by atoms with Crippen molar-refractivity contribution in [1.82, 2.24) is 14.5 Å². The van der Waals surface area contributed by atoms with Crippen LogP contribution < -0.4 is 4.74 Å². The summed E-state index contributed by atoms with van der Waals surface area (Å²) in [6, 6.07) is 14.4. The number of ketones is 1. The average Bonchev–Trinajstić information content (AvgIpc) is 3.51. The van der Waals surface area contributed by atoms with Crippen LogP contribution in [0.4, 0.5) is 0 Å². The van der Waals surface area contributed by atoms with E-state index in [-0.39, 0.29) is 5.78 Å². The normalized spacial score (nSPS) is 14.3. The van der Waals surface area contributed by atoms with Gasteiger partial charge in [-0.05, 0) is 64.0 Å². The average molecular weight is 538 g/mol. The van der Waals surface area contributed by atoms with E-state index >= 15 is 0 Å². The molecule has 3 heterocycles. The zero-order valence-corrected chi connectivity index (χ0v) is 22.2. The number of piperidine rings is 1. The van der Waals surface area contributed by atoms with Gasteiger partial charge >= 0.3 is 11.9 Å². The number of carbonyl (C=O) groups excluding carboxylic acids is 1. The quantitative estimate of drug-likeness (QED) is 0.253. The highest BCUT2D eigenvalue weighted by Crippen LogP contribution is 2.34. The topological polar surface area (TPSA) is 122 Å². The van der Waals surface area contributed by atoms with Crippen LogP contribution in [0.3, 0.4) is 0 Å². The van der Waals surface area contributed by atoms with Crippen molar-refractivity contribution in [3.05, 3.63) is 59.2 Å². The number of hydrogen-bond acceptors (Lipinski definition) is 7. The molecule has 2 aromatic heterocycles. The first-order valence-electron chi connectivity index (χ1n) is 12.5. The molecule has 38 heavy (non-hydrogen) atoms. The number of aromatic nitrogens is 2. The fraction of sp³-hybridized carbons (Fsp3) is 0.357. The molecule has 10 heteroatoms. The van der Waals surface area contributed by atoms with Gasteiger partial charge in [-0.3, -0.25) is 4.79 Å². The number of carboxylic acid groups (broad SMARTS) is 2. The Kier molecular flexibility index (Phi) is 8.75. The molecule has 0 aliphatic carbocycles. The van der Waals surface area contributed by atoms with Crippen molar-refractivity contribution >= 4 is 50.2 Å². The van der Waals surface area contributed by atoms with Crippen LogP contribution in [-0.4, -0.2) is 69.1 Å². The molecule has 0 saturated carbocycles. The third kappa shape index (κ3) is 6.20. The largest absolute Gasteiger partial charge is 0.495 e. The second-order valence-corrected chi connectivity index (χ2v) is 10.3. The Labute approximate surface area is 224 Å². The van der Waals surface area contributed by atoms with Crippen molar-refractivity contribution in [3.8, 4) is 5.75 Å². The molecule has 200 valence electrons. The van der Waals surface area contributed by atoms with Crippen LogP contribution in [0.5, 0.6) is 5.75 Å². The van der Waals surface area contributed by atoms with E-state index < -0.39 is 11.9 Å². The van der Waals surface area contributed by atoms with E-state index in [1.165, 1.54) is 22.5 Å². The summed E-state index contributed by atoms with van der Waals surface area (Å²) in [7, 11) is 1.69. The monoisotopic (exact) mass is 537 g/mol. The maximum Gasteiger partial charge on any atom is 0.414 e. The predicted molar refractivity (Wildman–Crippen MR) is 146 cm³/mol.